The van der Waals surface area contributed by atoms with Crippen molar-refractivity contribution in [2.24, 2.45) is 5.92 Å². The van der Waals surface area contributed by atoms with Crippen molar-refractivity contribution in [1.29, 1.82) is 0 Å². The SMILES string of the molecule is Cc1ccc(C#CC2=CCC(C)CC2)c(F)c1F. The Morgan fingerprint density at radius 3 is 2.61 bits per heavy atom. The predicted molar refractivity (Wildman–Crippen MR) is 69.1 cm³/mol. The summed E-state index contributed by atoms with van der Waals surface area (Å²) in [6.45, 7) is 3.75. The quantitative estimate of drug-likeness (QED) is 0.596. The van der Waals surface area contributed by atoms with Gasteiger partial charge < -0.3 is 0 Å². The molecular weight excluding hydrogens is 230 g/mol. The molecule has 0 radical (unpaired) electrons. The van der Waals surface area contributed by atoms with E-state index in [0.29, 0.717) is 11.5 Å². The van der Waals surface area contributed by atoms with Gasteiger partial charge in [0.2, 0.25) is 0 Å². The van der Waals surface area contributed by atoms with Gasteiger partial charge in [0.15, 0.2) is 11.6 Å². The fourth-order valence-corrected chi connectivity index (χ4v) is 1.97. The molecule has 1 aliphatic rings. The van der Waals surface area contributed by atoms with Crippen LogP contribution in [0, 0.1) is 36.3 Å². The second kappa shape index (κ2) is 5.35. The highest BCUT2D eigenvalue weighted by Gasteiger charge is 2.10. The molecule has 94 valence electrons. The Balaban J connectivity index is 2.23. The van der Waals surface area contributed by atoms with Crippen LogP contribution in [0.4, 0.5) is 8.78 Å². The van der Waals surface area contributed by atoms with Crippen LogP contribution in [0.3, 0.4) is 0 Å². The summed E-state index contributed by atoms with van der Waals surface area (Å²) in [5.74, 6) is 4.74. The van der Waals surface area contributed by atoms with E-state index in [4.69, 9.17) is 0 Å². The van der Waals surface area contributed by atoms with Gasteiger partial charge in [-0.3, -0.25) is 0 Å². The van der Waals surface area contributed by atoms with Crippen LogP contribution in [-0.4, -0.2) is 0 Å². The molecule has 0 amide bonds. The van der Waals surface area contributed by atoms with Gasteiger partial charge in [-0.1, -0.05) is 30.9 Å². The zero-order valence-corrected chi connectivity index (χ0v) is 10.7. The fraction of sp³-hybridized carbons (Fsp3) is 0.375. The van der Waals surface area contributed by atoms with E-state index in [2.05, 4.69) is 24.8 Å². The van der Waals surface area contributed by atoms with Gasteiger partial charge in [-0.2, -0.15) is 0 Å². The summed E-state index contributed by atoms with van der Waals surface area (Å²) in [5.41, 5.74) is 1.48. The number of allylic oxidation sites excluding steroid dienone is 2. The molecule has 0 N–H and O–H groups in total. The number of benzene rings is 1. The molecule has 0 fully saturated rings. The van der Waals surface area contributed by atoms with Crippen LogP contribution < -0.4 is 0 Å². The van der Waals surface area contributed by atoms with E-state index in [1.165, 1.54) is 6.07 Å². The highest BCUT2D eigenvalue weighted by molar-refractivity contribution is 5.43. The summed E-state index contributed by atoms with van der Waals surface area (Å²) in [4.78, 5) is 0. The zero-order chi connectivity index (χ0) is 13.1. The molecule has 1 atom stereocenters. The standard InChI is InChI=1S/C16H16F2/c1-11-3-6-13(7-4-11)8-10-14-9-5-12(2)15(17)16(14)18/h5-6,9,11H,3-4,7H2,1-2H3. The molecule has 2 heteroatoms. The number of rotatable bonds is 0. The summed E-state index contributed by atoms with van der Waals surface area (Å²) in [7, 11) is 0. The van der Waals surface area contributed by atoms with Crippen molar-refractivity contribution in [3.8, 4) is 11.8 Å². The Morgan fingerprint density at radius 1 is 1.17 bits per heavy atom. The van der Waals surface area contributed by atoms with Crippen molar-refractivity contribution in [2.45, 2.75) is 33.1 Å². The number of hydrogen-bond donors (Lipinski definition) is 0. The van der Waals surface area contributed by atoms with Crippen LogP contribution in [0.2, 0.25) is 0 Å². The minimum atomic E-state index is -0.840. The predicted octanol–water partition coefficient (Wildman–Crippen LogP) is 4.37. The Labute approximate surface area is 107 Å². The van der Waals surface area contributed by atoms with Crippen LogP contribution in [0.15, 0.2) is 23.8 Å². The van der Waals surface area contributed by atoms with Crippen LogP contribution in [0.1, 0.15) is 37.3 Å². The molecule has 1 unspecified atom stereocenters. The maximum absolute atomic E-state index is 13.6. The van der Waals surface area contributed by atoms with Gasteiger partial charge in [-0.25, -0.2) is 8.78 Å². The summed E-state index contributed by atoms with van der Waals surface area (Å²) in [6, 6.07) is 3.09. The smallest absolute Gasteiger partial charge is 0.174 e. The third-order valence-corrected chi connectivity index (χ3v) is 3.31. The second-order valence-corrected chi connectivity index (χ2v) is 4.92. The first-order valence-electron chi connectivity index (χ1n) is 6.23. The molecule has 1 aromatic rings. The number of halogens is 2. The van der Waals surface area contributed by atoms with Crippen molar-refractivity contribution in [2.75, 3.05) is 0 Å². The monoisotopic (exact) mass is 246 g/mol. The van der Waals surface area contributed by atoms with Gasteiger partial charge in [-0.15, -0.1) is 0 Å². The summed E-state index contributed by atoms with van der Waals surface area (Å²) < 4.78 is 26.9. The van der Waals surface area contributed by atoms with E-state index in [1.807, 2.05) is 0 Å². The molecule has 0 spiro atoms. The first kappa shape index (κ1) is 12.8. The highest BCUT2D eigenvalue weighted by atomic mass is 19.2. The Morgan fingerprint density at radius 2 is 1.94 bits per heavy atom. The van der Waals surface area contributed by atoms with Crippen LogP contribution in [0.25, 0.3) is 0 Å². The minimum Gasteiger partial charge on any atom is -0.203 e. The molecule has 2 rings (SSSR count). The lowest BCUT2D eigenvalue weighted by Gasteiger charge is -2.14. The summed E-state index contributed by atoms with van der Waals surface area (Å²) in [5, 5.41) is 0. The molecule has 0 aliphatic heterocycles. The van der Waals surface area contributed by atoms with Crippen molar-refractivity contribution in [1.82, 2.24) is 0 Å². The lowest BCUT2D eigenvalue weighted by Crippen LogP contribution is -2.00. The van der Waals surface area contributed by atoms with E-state index in [1.54, 1.807) is 13.0 Å². The minimum absolute atomic E-state index is 0.137. The van der Waals surface area contributed by atoms with E-state index < -0.39 is 11.6 Å². The molecule has 0 nitrogen and oxygen atoms in total. The molecule has 0 saturated heterocycles. The van der Waals surface area contributed by atoms with Crippen molar-refractivity contribution < 1.29 is 8.78 Å². The van der Waals surface area contributed by atoms with Gasteiger partial charge in [-0.05, 0) is 49.3 Å². The first-order valence-corrected chi connectivity index (χ1v) is 6.23. The molecule has 0 aromatic heterocycles. The van der Waals surface area contributed by atoms with Gasteiger partial charge in [0.05, 0.1) is 5.56 Å². The Hall–Kier alpha value is -1.62. The van der Waals surface area contributed by atoms with E-state index >= 15 is 0 Å². The Bertz CT molecular complexity index is 544. The van der Waals surface area contributed by atoms with Crippen molar-refractivity contribution in [3.05, 3.63) is 46.5 Å². The Kier molecular flexibility index (Phi) is 3.81. The average Bonchev–Trinajstić information content (AvgIpc) is 2.37. The summed E-state index contributed by atoms with van der Waals surface area (Å²) in [6.07, 6.45) is 5.17. The number of hydrogen-bond acceptors (Lipinski definition) is 0. The van der Waals surface area contributed by atoms with Gasteiger partial charge in [0.25, 0.3) is 0 Å². The third kappa shape index (κ3) is 2.79. The van der Waals surface area contributed by atoms with Gasteiger partial charge in [0, 0.05) is 0 Å². The topological polar surface area (TPSA) is 0 Å². The van der Waals surface area contributed by atoms with E-state index in [0.717, 1.165) is 24.8 Å². The zero-order valence-electron chi connectivity index (χ0n) is 10.7. The first-order chi connectivity index (χ1) is 8.58. The third-order valence-electron chi connectivity index (χ3n) is 3.31. The maximum Gasteiger partial charge on any atom is 0.174 e. The molecule has 18 heavy (non-hydrogen) atoms. The average molecular weight is 246 g/mol. The molecular formula is C16H16F2. The van der Waals surface area contributed by atoms with Crippen LogP contribution in [0.5, 0.6) is 0 Å². The largest absolute Gasteiger partial charge is 0.203 e. The molecule has 0 saturated carbocycles. The van der Waals surface area contributed by atoms with Crippen molar-refractivity contribution in [3.63, 3.8) is 0 Å². The van der Waals surface area contributed by atoms with E-state index in [-0.39, 0.29) is 5.56 Å². The normalized spacial score (nSPS) is 18.9. The fourth-order valence-electron chi connectivity index (χ4n) is 1.97. The van der Waals surface area contributed by atoms with Crippen LogP contribution >= 0.6 is 0 Å². The van der Waals surface area contributed by atoms with E-state index in [9.17, 15) is 8.78 Å². The number of aryl methyl sites for hydroxylation is 1. The van der Waals surface area contributed by atoms with Gasteiger partial charge in [0.1, 0.15) is 0 Å². The molecule has 0 bridgehead atoms. The van der Waals surface area contributed by atoms with Crippen molar-refractivity contribution >= 4 is 0 Å². The summed E-state index contributed by atoms with van der Waals surface area (Å²) >= 11 is 0. The second-order valence-electron chi connectivity index (χ2n) is 4.92. The lowest BCUT2D eigenvalue weighted by atomic mass is 9.91. The van der Waals surface area contributed by atoms with Crippen LogP contribution in [-0.2, 0) is 0 Å². The molecule has 0 heterocycles. The maximum atomic E-state index is 13.6. The molecule has 1 aliphatic carbocycles. The highest BCUT2D eigenvalue weighted by Crippen LogP contribution is 2.22. The lowest BCUT2D eigenvalue weighted by molar-refractivity contribution is 0.501. The molecule has 1 aromatic carbocycles. The van der Waals surface area contributed by atoms with Gasteiger partial charge >= 0.3 is 0 Å².